The van der Waals surface area contributed by atoms with E-state index >= 15 is 0 Å². The molecule has 1 amide bonds. The van der Waals surface area contributed by atoms with Crippen LogP contribution in [0.1, 0.15) is 31.4 Å². The Morgan fingerprint density at radius 3 is 2.48 bits per heavy atom. The second-order valence-corrected chi connectivity index (χ2v) is 7.78. The number of likely N-dealkylation sites (N-methyl/N-ethyl adjacent to an activating group) is 1. The normalized spacial score (nSPS) is 12.0. The SMILES string of the molecule is CCNC(=O)COc1cccc(CNC(=NC)NCCC(C)N(C)Cc2ccccc2)c1.I. The average Bonchev–Trinajstić information content (AvgIpc) is 2.81. The molecule has 0 bridgehead atoms. The maximum Gasteiger partial charge on any atom is 0.257 e. The van der Waals surface area contributed by atoms with Crippen LogP contribution in [-0.2, 0) is 17.9 Å². The van der Waals surface area contributed by atoms with Crippen molar-refractivity contribution in [1.29, 1.82) is 0 Å². The van der Waals surface area contributed by atoms with Crippen LogP contribution in [0.5, 0.6) is 5.75 Å². The summed E-state index contributed by atoms with van der Waals surface area (Å²) < 4.78 is 5.56. The van der Waals surface area contributed by atoms with E-state index in [1.807, 2.05) is 37.3 Å². The van der Waals surface area contributed by atoms with E-state index in [2.05, 4.69) is 64.1 Å². The van der Waals surface area contributed by atoms with E-state index in [1.165, 1.54) is 5.56 Å². The van der Waals surface area contributed by atoms with E-state index < -0.39 is 0 Å². The lowest BCUT2D eigenvalue weighted by molar-refractivity contribution is -0.122. The van der Waals surface area contributed by atoms with E-state index in [0.29, 0.717) is 24.9 Å². The Hall–Kier alpha value is -2.33. The Labute approximate surface area is 215 Å². The topological polar surface area (TPSA) is 78.0 Å². The standard InChI is InChI=1S/C25H37N5O2.HI/c1-5-27-24(31)19-32-23-13-9-12-22(16-23)17-29-25(26-3)28-15-14-20(2)30(4)18-21-10-7-6-8-11-21;/h6-13,16,20H,5,14-15,17-19H2,1-4H3,(H,27,31)(H2,26,28,29);1H. The van der Waals surface area contributed by atoms with Gasteiger partial charge in [0.1, 0.15) is 5.75 Å². The van der Waals surface area contributed by atoms with E-state index in [4.69, 9.17) is 4.74 Å². The summed E-state index contributed by atoms with van der Waals surface area (Å²) in [5, 5.41) is 9.44. The van der Waals surface area contributed by atoms with Crippen molar-refractivity contribution in [2.75, 3.05) is 33.8 Å². The van der Waals surface area contributed by atoms with Crippen molar-refractivity contribution in [3.63, 3.8) is 0 Å². The third-order valence-corrected chi connectivity index (χ3v) is 5.21. The summed E-state index contributed by atoms with van der Waals surface area (Å²) in [4.78, 5) is 18.2. The molecule has 33 heavy (non-hydrogen) atoms. The molecule has 0 aliphatic carbocycles. The second-order valence-electron chi connectivity index (χ2n) is 7.78. The number of guanidine groups is 1. The molecule has 0 fully saturated rings. The monoisotopic (exact) mass is 567 g/mol. The Morgan fingerprint density at radius 2 is 1.79 bits per heavy atom. The summed E-state index contributed by atoms with van der Waals surface area (Å²) in [5.74, 6) is 1.31. The fourth-order valence-electron chi connectivity index (χ4n) is 3.20. The molecule has 0 spiro atoms. The van der Waals surface area contributed by atoms with Crippen molar-refractivity contribution < 1.29 is 9.53 Å². The van der Waals surface area contributed by atoms with Gasteiger partial charge in [-0.15, -0.1) is 24.0 Å². The highest BCUT2D eigenvalue weighted by atomic mass is 127. The lowest BCUT2D eigenvalue weighted by Gasteiger charge is -2.25. The van der Waals surface area contributed by atoms with Crippen molar-refractivity contribution in [3.8, 4) is 5.75 Å². The van der Waals surface area contributed by atoms with Gasteiger partial charge in [0.05, 0.1) is 0 Å². The van der Waals surface area contributed by atoms with Crippen LogP contribution in [0.4, 0.5) is 0 Å². The predicted octanol–water partition coefficient (Wildman–Crippen LogP) is 3.40. The molecule has 1 atom stereocenters. The van der Waals surface area contributed by atoms with Gasteiger partial charge in [-0.2, -0.15) is 0 Å². The summed E-state index contributed by atoms with van der Waals surface area (Å²) in [6.45, 7) is 7.12. The molecule has 0 aliphatic heterocycles. The number of amides is 1. The molecular formula is C25H38IN5O2. The quantitative estimate of drug-likeness (QED) is 0.208. The number of carbonyl (C=O) groups is 1. The highest BCUT2D eigenvalue weighted by Gasteiger charge is 2.10. The molecule has 2 aromatic carbocycles. The van der Waals surface area contributed by atoms with Crippen LogP contribution in [0.25, 0.3) is 0 Å². The fourth-order valence-corrected chi connectivity index (χ4v) is 3.20. The van der Waals surface area contributed by atoms with Gasteiger partial charge in [-0.3, -0.25) is 14.7 Å². The van der Waals surface area contributed by atoms with Crippen molar-refractivity contribution in [3.05, 3.63) is 65.7 Å². The van der Waals surface area contributed by atoms with Crippen LogP contribution in [0.3, 0.4) is 0 Å². The first kappa shape index (κ1) is 28.7. The number of benzene rings is 2. The number of hydrogen-bond donors (Lipinski definition) is 3. The molecule has 3 N–H and O–H groups in total. The summed E-state index contributed by atoms with van der Waals surface area (Å²) in [5.41, 5.74) is 2.38. The number of nitrogens with one attached hydrogen (secondary N) is 3. The third-order valence-electron chi connectivity index (χ3n) is 5.21. The molecular weight excluding hydrogens is 529 g/mol. The minimum absolute atomic E-state index is 0. The number of hydrogen-bond acceptors (Lipinski definition) is 4. The molecule has 0 heterocycles. The van der Waals surface area contributed by atoms with E-state index in [0.717, 1.165) is 31.0 Å². The van der Waals surface area contributed by atoms with Gasteiger partial charge in [-0.05, 0) is 50.6 Å². The number of ether oxygens (including phenoxy) is 1. The highest BCUT2D eigenvalue weighted by molar-refractivity contribution is 14.0. The van der Waals surface area contributed by atoms with Gasteiger partial charge in [-0.1, -0.05) is 42.5 Å². The Kier molecular flexibility index (Phi) is 14.2. The zero-order chi connectivity index (χ0) is 23.2. The summed E-state index contributed by atoms with van der Waals surface area (Å²) in [7, 11) is 3.93. The average molecular weight is 568 g/mol. The smallest absolute Gasteiger partial charge is 0.257 e. The molecule has 7 nitrogen and oxygen atoms in total. The van der Waals surface area contributed by atoms with Gasteiger partial charge >= 0.3 is 0 Å². The molecule has 0 saturated carbocycles. The molecule has 182 valence electrons. The van der Waals surface area contributed by atoms with Crippen molar-refractivity contribution in [2.45, 2.75) is 39.4 Å². The first-order chi connectivity index (χ1) is 15.5. The summed E-state index contributed by atoms with van der Waals surface area (Å²) in [6.07, 6.45) is 1.01. The number of nitrogens with zero attached hydrogens (tertiary/aromatic N) is 2. The Bertz CT molecular complexity index is 848. The summed E-state index contributed by atoms with van der Waals surface area (Å²) in [6, 6.07) is 18.7. The molecule has 1 unspecified atom stereocenters. The number of halogens is 1. The first-order valence-corrected chi connectivity index (χ1v) is 11.2. The Balaban J connectivity index is 0.00000544. The zero-order valence-corrected chi connectivity index (χ0v) is 22.5. The summed E-state index contributed by atoms with van der Waals surface area (Å²) >= 11 is 0. The first-order valence-electron chi connectivity index (χ1n) is 11.2. The molecule has 0 radical (unpaired) electrons. The van der Waals surface area contributed by atoms with Gasteiger partial charge in [0.15, 0.2) is 12.6 Å². The van der Waals surface area contributed by atoms with E-state index in [9.17, 15) is 4.79 Å². The van der Waals surface area contributed by atoms with Gasteiger partial charge < -0.3 is 20.7 Å². The highest BCUT2D eigenvalue weighted by Crippen LogP contribution is 2.13. The number of rotatable bonds is 12. The minimum Gasteiger partial charge on any atom is -0.484 e. The lowest BCUT2D eigenvalue weighted by Crippen LogP contribution is -2.39. The van der Waals surface area contributed by atoms with Crippen LogP contribution in [-0.4, -0.2) is 56.6 Å². The van der Waals surface area contributed by atoms with Gasteiger partial charge in [0.25, 0.3) is 5.91 Å². The number of aliphatic imine (C=N–C) groups is 1. The van der Waals surface area contributed by atoms with Crippen LogP contribution < -0.4 is 20.7 Å². The lowest BCUT2D eigenvalue weighted by atomic mass is 10.1. The molecule has 0 aromatic heterocycles. The number of carbonyl (C=O) groups excluding carboxylic acids is 1. The van der Waals surface area contributed by atoms with Crippen LogP contribution in [0.2, 0.25) is 0 Å². The zero-order valence-electron chi connectivity index (χ0n) is 20.1. The Morgan fingerprint density at radius 1 is 1.06 bits per heavy atom. The molecule has 8 heteroatoms. The van der Waals surface area contributed by atoms with Crippen LogP contribution in [0, 0.1) is 0 Å². The third kappa shape index (κ3) is 11.4. The molecule has 2 aromatic rings. The molecule has 0 aliphatic rings. The maximum atomic E-state index is 11.6. The van der Waals surface area contributed by atoms with Crippen LogP contribution in [0.15, 0.2) is 59.6 Å². The largest absolute Gasteiger partial charge is 0.484 e. The van der Waals surface area contributed by atoms with E-state index in [-0.39, 0.29) is 36.5 Å². The molecule has 0 saturated heterocycles. The van der Waals surface area contributed by atoms with Gasteiger partial charge in [0, 0.05) is 39.3 Å². The van der Waals surface area contributed by atoms with Crippen molar-refractivity contribution in [1.82, 2.24) is 20.9 Å². The fraction of sp³-hybridized carbons (Fsp3) is 0.440. The predicted molar refractivity (Wildman–Crippen MR) is 146 cm³/mol. The molecule has 2 rings (SSSR count). The maximum absolute atomic E-state index is 11.6. The van der Waals surface area contributed by atoms with Crippen molar-refractivity contribution >= 4 is 35.8 Å². The van der Waals surface area contributed by atoms with Crippen molar-refractivity contribution in [2.24, 2.45) is 4.99 Å². The van der Waals surface area contributed by atoms with Gasteiger partial charge in [0.2, 0.25) is 0 Å². The van der Waals surface area contributed by atoms with Gasteiger partial charge in [-0.25, -0.2) is 0 Å². The minimum atomic E-state index is -0.121. The van der Waals surface area contributed by atoms with Crippen LogP contribution >= 0.6 is 24.0 Å². The van der Waals surface area contributed by atoms with E-state index in [1.54, 1.807) is 7.05 Å². The second kappa shape index (κ2) is 16.3.